The summed E-state index contributed by atoms with van der Waals surface area (Å²) in [6.45, 7) is 8.19. The molecule has 0 radical (unpaired) electrons. The SMILES string of the molecule is C=CC(=O)N1CCC[C@@H](n2nc(C#CCC(C)(C)O)c3c(N)ncnc32)C1. The number of aromatic nitrogens is 4. The average Bonchev–Trinajstić information content (AvgIpc) is 3.00. The van der Waals surface area contributed by atoms with E-state index in [-0.39, 0.29) is 11.9 Å². The Kier molecular flexibility index (Phi) is 5.15. The van der Waals surface area contributed by atoms with Crippen LogP contribution in [-0.2, 0) is 4.79 Å². The molecule has 1 atom stereocenters. The summed E-state index contributed by atoms with van der Waals surface area (Å²) in [5.41, 5.74) is 6.26. The fourth-order valence-electron chi connectivity index (χ4n) is 3.17. The van der Waals surface area contributed by atoms with Gasteiger partial charge in [-0.2, -0.15) is 5.10 Å². The van der Waals surface area contributed by atoms with Gasteiger partial charge in [-0.25, -0.2) is 14.6 Å². The standard InChI is InChI=1S/C19H24N6O2/c1-4-15(26)24-10-6-7-13(11-24)25-18-16(17(20)21-12-22-18)14(23-25)8-5-9-19(2,3)27/h4,12-13,27H,1,6-7,9-11H2,2-3H3,(H2,20,21,22)/t13-/m1/s1. The molecule has 0 aliphatic carbocycles. The number of aliphatic hydroxyl groups is 1. The summed E-state index contributed by atoms with van der Waals surface area (Å²) in [4.78, 5) is 22.2. The van der Waals surface area contributed by atoms with E-state index in [4.69, 9.17) is 5.73 Å². The Hall–Kier alpha value is -2.92. The summed E-state index contributed by atoms with van der Waals surface area (Å²) in [5.74, 6) is 6.17. The molecule has 0 bridgehead atoms. The zero-order valence-electron chi connectivity index (χ0n) is 15.6. The first kappa shape index (κ1) is 18.9. The second-order valence-corrected chi connectivity index (χ2v) is 7.33. The molecule has 1 aliphatic heterocycles. The maximum Gasteiger partial charge on any atom is 0.246 e. The zero-order valence-corrected chi connectivity index (χ0v) is 15.6. The Balaban J connectivity index is 2.00. The molecule has 1 saturated heterocycles. The van der Waals surface area contributed by atoms with Crippen LogP contribution in [0.5, 0.6) is 0 Å². The van der Waals surface area contributed by atoms with E-state index in [0.717, 1.165) is 12.8 Å². The Morgan fingerprint density at radius 2 is 2.30 bits per heavy atom. The topological polar surface area (TPSA) is 110 Å². The number of hydrogen-bond acceptors (Lipinski definition) is 6. The minimum atomic E-state index is -0.887. The van der Waals surface area contributed by atoms with Gasteiger partial charge in [-0.1, -0.05) is 12.5 Å². The van der Waals surface area contributed by atoms with Crippen LogP contribution < -0.4 is 5.73 Å². The molecule has 8 heteroatoms. The van der Waals surface area contributed by atoms with E-state index in [2.05, 4.69) is 33.5 Å². The third-order valence-corrected chi connectivity index (χ3v) is 4.47. The molecule has 8 nitrogen and oxygen atoms in total. The van der Waals surface area contributed by atoms with Crippen molar-refractivity contribution in [2.24, 2.45) is 0 Å². The number of nitrogens with zero attached hydrogens (tertiary/aromatic N) is 5. The maximum atomic E-state index is 12.0. The van der Waals surface area contributed by atoms with Gasteiger partial charge in [-0.05, 0) is 38.7 Å². The molecule has 0 unspecified atom stereocenters. The number of nitrogens with two attached hydrogens (primary N) is 1. The summed E-state index contributed by atoms with van der Waals surface area (Å²) >= 11 is 0. The first-order chi connectivity index (χ1) is 12.8. The number of rotatable bonds is 3. The lowest BCUT2D eigenvalue weighted by Gasteiger charge is -2.32. The number of carbonyl (C=O) groups excluding carboxylic acids is 1. The van der Waals surface area contributed by atoms with Gasteiger partial charge in [0.1, 0.15) is 17.8 Å². The maximum absolute atomic E-state index is 12.0. The smallest absolute Gasteiger partial charge is 0.246 e. The first-order valence-electron chi connectivity index (χ1n) is 8.91. The zero-order chi connectivity index (χ0) is 19.6. The van der Waals surface area contributed by atoms with Crippen molar-refractivity contribution in [2.75, 3.05) is 18.8 Å². The molecule has 142 valence electrons. The molecule has 3 rings (SSSR count). The van der Waals surface area contributed by atoms with Crippen molar-refractivity contribution in [3.05, 3.63) is 24.7 Å². The van der Waals surface area contributed by atoms with Gasteiger partial charge < -0.3 is 15.7 Å². The molecule has 1 aliphatic rings. The summed E-state index contributed by atoms with van der Waals surface area (Å²) in [7, 11) is 0. The van der Waals surface area contributed by atoms with E-state index in [1.54, 1.807) is 23.4 Å². The molecular weight excluding hydrogens is 344 g/mol. The average molecular weight is 368 g/mol. The van der Waals surface area contributed by atoms with E-state index < -0.39 is 5.60 Å². The predicted octanol–water partition coefficient (Wildman–Crippen LogP) is 1.27. The normalized spacial score (nSPS) is 17.4. The number of likely N-dealkylation sites (tertiary alicyclic amines) is 1. The van der Waals surface area contributed by atoms with Gasteiger partial charge in [0, 0.05) is 19.5 Å². The number of anilines is 1. The molecule has 2 aromatic rings. The monoisotopic (exact) mass is 368 g/mol. The minimum absolute atomic E-state index is 0.0238. The molecule has 27 heavy (non-hydrogen) atoms. The molecule has 1 amide bonds. The van der Waals surface area contributed by atoms with Gasteiger partial charge in [0.25, 0.3) is 0 Å². The van der Waals surface area contributed by atoms with Gasteiger partial charge >= 0.3 is 0 Å². The fourth-order valence-corrected chi connectivity index (χ4v) is 3.17. The number of piperidine rings is 1. The second-order valence-electron chi connectivity index (χ2n) is 7.33. The van der Waals surface area contributed by atoms with Gasteiger partial charge in [-0.15, -0.1) is 0 Å². The third kappa shape index (κ3) is 4.09. The van der Waals surface area contributed by atoms with Crippen LogP contribution in [0, 0.1) is 11.8 Å². The lowest BCUT2D eigenvalue weighted by molar-refractivity contribution is -0.127. The summed E-state index contributed by atoms with van der Waals surface area (Å²) in [5, 5.41) is 15.1. The first-order valence-corrected chi connectivity index (χ1v) is 8.91. The molecule has 0 spiro atoms. The summed E-state index contributed by atoms with van der Waals surface area (Å²) in [6, 6.07) is -0.0238. The minimum Gasteiger partial charge on any atom is -0.389 e. The lowest BCUT2D eigenvalue weighted by Crippen LogP contribution is -2.40. The fraction of sp³-hybridized carbons (Fsp3) is 0.474. The Morgan fingerprint density at radius 3 is 3.00 bits per heavy atom. The van der Waals surface area contributed by atoms with Crippen molar-refractivity contribution in [3.8, 4) is 11.8 Å². The van der Waals surface area contributed by atoms with Crippen molar-refractivity contribution in [2.45, 2.75) is 44.8 Å². The number of fused-ring (bicyclic) bond motifs is 1. The van der Waals surface area contributed by atoms with E-state index in [0.29, 0.717) is 42.1 Å². The van der Waals surface area contributed by atoms with Crippen LogP contribution >= 0.6 is 0 Å². The highest BCUT2D eigenvalue weighted by Gasteiger charge is 2.27. The number of carbonyl (C=O) groups is 1. The van der Waals surface area contributed by atoms with Gasteiger partial charge in [0.2, 0.25) is 5.91 Å². The quantitative estimate of drug-likeness (QED) is 0.624. The van der Waals surface area contributed by atoms with Crippen molar-refractivity contribution >= 4 is 22.8 Å². The number of amides is 1. The molecule has 3 N–H and O–H groups in total. The van der Waals surface area contributed by atoms with Crippen LogP contribution in [0.3, 0.4) is 0 Å². The van der Waals surface area contributed by atoms with Crippen LogP contribution in [0.1, 0.15) is 44.8 Å². The highest BCUT2D eigenvalue weighted by molar-refractivity contribution is 5.90. The Labute approximate surface area is 158 Å². The second kappa shape index (κ2) is 7.37. The molecule has 3 heterocycles. The molecule has 1 fully saturated rings. The predicted molar refractivity (Wildman–Crippen MR) is 103 cm³/mol. The van der Waals surface area contributed by atoms with Crippen molar-refractivity contribution < 1.29 is 9.90 Å². The van der Waals surface area contributed by atoms with Crippen molar-refractivity contribution in [3.63, 3.8) is 0 Å². The van der Waals surface area contributed by atoms with E-state index in [1.807, 2.05) is 0 Å². The van der Waals surface area contributed by atoms with E-state index in [9.17, 15) is 9.90 Å². The van der Waals surface area contributed by atoms with Gasteiger partial charge in [0.05, 0.1) is 17.0 Å². The van der Waals surface area contributed by atoms with Crippen LogP contribution in [0.2, 0.25) is 0 Å². The summed E-state index contributed by atoms with van der Waals surface area (Å²) in [6.07, 6.45) is 4.78. The molecule has 0 saturated carbocycles. The highest BCUT2D eigenvalue weighted by atomic mass is 16.3. The number of nitrogen functional groups attached to an aromatic ring is 1. The Morgan fingerprint density at radius 1 is 1.52 bits per heavy atom. The Bertz CT molecular complexity index is 931. The van der Waals surface area contributed by atoms with Crippen molar-refractivity contribution in [1.29, 1.82) is 0 Å². The molecular formula is C19H24N6O2. The number of hydrogen-bond donors (Lipinski definition) is 2. The molecule has 0 aromatic carbocycles. The van der Waals surface area contributed by atoms with E-state index >= 15 is 0 Å². The molecule has 2 aromatic heterocycles. The van der Waals surface area contributed by atoms with Crippen molar-refractivity contribution in [1.82, 2.24) is 24.6 Å². The van der Waals surface area contributed by atoms with Gasteiger partial charge in [-0.3, -0.25) is 4.79 Å². The van der Waals surface area contributed by atoms with Crippen LogP contribution in [0.15, 0.2) is 19.0 Å². The van der Waals surface area contributed by atoms with Crippen LogP contribution in [-0.4, -0.2) is 54.4 Å². The van der Waals surface area contributed by atoms with Crippen LogP contribution in [0.25, 0.3) is 11.0 Å². The largest absolute Gasteiger partial charge is 0.389 e. The van der Waals surface area contributed by atoms with E-state index in [1.165, 1.54) is 12.4 Å². The third-order valence-electron chi connectivity index (χ3n) is 4.47. The van der Waals surface area contributed by atoms with Gasteiger partial charge in [0.15, 0.2) is 5.65 Å². The van der Waals surface area contributed by atoms with Crippen LogP contribution in [0.4, 0.5) is 5.82 Å². The summed E-state index contributed by atoms with van der Waals surface area (Å²) < 4.78 is 1.80. The lowest BCUT2D eigenvalue weighted by atomic mass is 10.1. The highest BCUT2D eigenvalue weighted by Crippen LogP contribution is 2.28.